The van der Waals surface area contributed by atoms with E-state index in [0.717, 1.165) is 51.4 Å². The second-order valence-electron chi connectivity index (χ2n) is 6.85. The van der Waals surface area contributed by atoms with E-state index in [1.807, 2.05) is 6.92 Å². The van der Waals surface area contributed by atoms with Gasteiger partial charge in [0.2, 0.25) is 0 Å². The molecule has 0 aliphatic heterocycles. The second kappa shape index (κ2) is 10.6. The fourth-order valence-corrected chi connectivity index (χ4v) is 4.25. The first-order chi connectivity index (χ1) is 9.95. The highest BCUT2D eigenvalue weighted by Gasteiger charge is 2.51. The summed E-state index contributed by atoms with van der Waals surface area (Å²) < 4.78 is 0. The Morgan fingerprint density at radius 1 is 0.667 bits per heavy atom. The van der Waals surface area contributed by atoms with E-state index in [1.165, 1.54) is 12.8 Å². The van der Waals surface area contributed by atoms with E-state index in [-0.39, 0.29) is 5.41 Å². The van der Waals surface area contributed by atoms with Crippen molar-refractivity contribution >= 4 is 0 Å². The van der Waals surface area contributed by atoms with E-state index in [1.54, 1.807) is 0 Å². The average molecular weight is 301 g/mol. The third-order valence-corrected chi connectivity index (χ3v) is 5.11. The maximum atomic E-state index is 10.9. The molecule has 1 unspecified atom stereocenters. The molecule has 0 heterocycles. The summed E-state index contributed by atoms with van der Waals surface area (Å²) in [5, 5.41) is 21.9. The van der Waals surface area contributed by atoms with Gasteiger partial charge in [0.25, 0.3) is 0 Å². The van der Waals surface area contributed by atoms with Crippen LogP contribution in [0.4, 0.5) is 0 Å². The van der Waals surface area contributed by atoms with Gasteiger partial charge in [0.05, 0.1) is 0 Å². The van der Waals surface area contributed by atoms with E-state index < -0.39 is 5.79 Å². The molecule has 2 nitrogen and oxygen atoms in total. The third kappa shape index (κ3) is 5.56. The molecule has 2 N–H and O–H groups in total. The molecule has 0 fully saturated rings. The molecule has 2 heteroatoms. The fourth-order valence-electron chi connectivity index (χ4n) is 4.25. The SMILES string of the molecule is CCCCC(CCC)C(CCC)(CCC)C(O)(O)CCC. The maximum Gasteiger partial charge on any atom is 0.168 e. The van der Waals surface area contributed by atoms with Crippen LogP contribution in [0.3, 0.4) is 0 Å². The minimum Gasteiger partial charge on any atom is -0.365 e. The van der Waals surface area contributed by atoms with Crippen LogP contribution >= 0.6 is 0 Å². The first kappa shape index (κ1) is 20.9. The highest BCUT2D eigenvalue weighted by molar-refractivity contribution is 4.96. The van der Waals surface area contributed by atoms with E-state index in [4.69, 9.17) is 0 Å². The molecular weight excluding hydrogens is 260 g/mol. The van der Waals surface area contributed by atoms with Crippen LogP contribution in [-0.4, -0.2) is 16.0 Å². The van der Waals surface area contributed by atoms with Crippen molar-refractivity contribution in [3.05, 3.63) is 0 Å². The first-order valence-corrected chi connectivity index (χ1v) is 9.40. The molecule has 0 amide bonds. The lowest BCUT2D eigenvalue weighted by Gasteiger charge is -2.50. The van der Waals surface area contributed by atoms with Crippen molar-refractivity contribution in [2.75, 3.05) is 0 Å². The Bertz CT molecular complexity index is 242. The first-order valence-electron chi connectivity index (χ1n) is 9.40. The summed E-state index contributed by atoms with van der Waals surface area (Å²) in [6.45, 7) is 10.8. The highest BCUT2D eigenvalue weighted by atomic mass is 16.5. The van der Waals surface area contributed by atoms with Gasteiger partial charge in [-0.1, -0.05) is 73.1 Å². The fraction of sp³-hybridized carbons (Fsp3) is 1.00. The Hall–Kier alpha value is -0.0800. The van der Waals surface area contributed by atoms with Gasteiger partial charge < -0.3 is 10.2 Å². The van der Waals surface area contributed by atoms with Crippen LogP contribution in [0.2, 0.25) is 0 Å². The zero-order chi connectivity index (χ0) is 16.4. The van der Waals surface area contributed by atoms with Crippen LogP contribution in [0.15, 0.2) is 0 Å². The predicted octanol–water partition coefficient (Wildman–Crippen LogP) is 5.66. The number of rotatable bonds is 13. The molecule has 0 radical (unpaired) electrons. The zero-order valence-corrected chi connectivity index (χ0v) is 15.2. The summed E-state index contributed by atoms with van der Waals surface area (Å²) >= 11 is 0. The van der Waals surface area contributed by atoms with Crippen LogP contribution in [0.5, 0.6) is 0 Å². The van der Waals surface area contributed by atoms with Gasteiger partial charge in [0.15, 0.2) is 5.79 Å². The molecule has 0 aliphatic carbocycles. The Morgan fingerprint density at radius 3 is 1.57 bits per heavy atom. The van der Waals surface area contributed by atoms with Gasteiger partial charge in [-0.2, -0.15) is 0 Å². The summed E-state index contributed by atoms with van der Waals surface area (Å²) in [6.07, 6.45) is 11.0. The lowest BCUT2D eigenvalue weighted by molar-refractivity contribution is -0.271. The topological polar surface area (TPSA) is 40.5 Å². The van der Waals surface area contributed by atoms with Gasteiger partial charge in [-0.05, 0) is 31.6 Å². The maximum absolute atomic E-state index is 10.9. The summed E-state index contributed by atoms with van der Waals surface area (Å²) in [5.74, 6) is -1.08. The second-order valence-corrected chi connectivity index (χ2v) is 6.85. The summed E-state index contributed by atoms with van der Waals surface area (Å²) in [4.78, 5) is 0. The van der Waals surface area contributed by atoms with Crippen LogP contribution < -0.4 is 0 Å². The van der Waals surface area contributed by atoms with Crippen LogP contribution in [0.1, 0.15) is 105 Å². The number of aliphatic hydroxyl groups is 2. The summed E-state index contributed by atoms with van der Waals surface area (Å²) in [6, 6.07) is 0. The lowest BCUT2D eigenvalue weighted by Crippen LogP contribution is -2.53. The minimum atomic E-state index is -1.51. The van der Waals surface area contributed by atoms with Crippen molar-refractivity contribution in [3.8, 4) is 0 Å². The Kier molecular flexibility index (Phi) is 10.6. The van der Waals surface area contributed by atoms with Crippen molar-refractivity contribution in [3.63, 3.8) is 0 Å². The van der Waals surface area contributed by atoms with Gasteiger partial charge >= 0.3 is 0 Å². The lowest BCUT2D eigenvalue weighted by atomic mass is 9.60. The van der Waals surface area contributed by atoms with Gasteiger partial charge in [-0.25, -0.2) is 0 Å². The summed E-state index contributed by atoms with van der Waals surface area (Å²) in [7, 11) is 0. The van der Waals surface area contributed by atoms with Gasteiger partial charge in [0, 0.05) is 11.8 Å². The molecule has 0 rings (SSSR count). The van der Waals surface area contributed by atoms with Crippen LogP contribution in [-0.2, 0) is 0 Å². The van der Waals surface area contributed by atoms with Crippen molar-refractivity contribution in [1.82, 2.24) is 0 Å². The van der Waals surface area contributed by atoms with E-state index in [9.17, 15) is 10.2 Å². The van der Waals surface area contributed by atoms with E-state index in [0.29, 0.717) is 12.3 Å². The van der Waals surface area contributed by atoms with Gasteiger partial charge in [-0.3, -0.25) is 0 Å². The molecule has 1 atom stereocenters. The number of unbranched alkanes of at least 4 members (excludes halogenated alkanes) is 1. The zero-order valence-electron chi connectivity index (χ0n) is 15.2. The van der Waals surface area contributed by atoms with Crippen molar-refractivity contribution in [1.29, 1.82) is 0 Å². The van der Waals surface area contributed by atoms with Gasteiger partial charge in [-0.15, -0.1) is 0 Å². The van der Waals surface area contributed by atoms with Crippen LogP contribution in [0, 0.1) is 11.3 Å². The molecule has 0 aliphatic rings. The Morgan fingerprint density at radius 2 is 1.19 bits per heavy atom. The summed E-state index contributed by atoms with van der Waals surface area (Å²) in [5.41, 5.74) is -0.322. The van der Waals surface area contributed by atoms with Crippen molar-refractivity contribution < 1.29 is 10.2 Å². The molecule has 0 saturated carbocycles. The third-order valence-electron chi connectivity index (χ3n) is 5.11. The highest BCUT2D eigenvalue weighted by Crippen LogP contribution is 2.51. The van der Waals surface area contributed by atoms with Crippen LogP contribution in [0.25, 0.3) is 0 Å². The molecule has 0 saturated heterocycles. The van der Waals surface area contributed by atoms with E-state index >= 15 is 0 Å². The monoisotopic (exact) mass is 300 g/mol. The molecule has 21 heavy (non-hydrogen) atoms. The smallest absolute Gasteiger partial charge is 0.168 e. The van der Waals surface area contributed by atoms with E-state index in [2.05, 4.69) is 27.7 Å². The normalized spacial score (nSPS) is 14.4. The number of hydrogen-bond donors (Lipinski definition) is 2. The molecule has 128 valence electrons. The quantitative estimate of drug-likeness (QED) is 0.431. The Labute approximate surface area is 133 Å². The predicted molar refractivity (Wildman–Crippen MR) is 92.2 cm³/mol. The van der Waals surface area contributed by atoms with Crippen molar-refractivity contribution in [2.45, 2.75) is 111 Å². The molecule has 0 aromatic rings. The molecule has 0 aromatic carbocycles. The molecule has 0 aromatic heterocycles. The standard InChI is InChI=1S/C19H40O2/c1-6-11-13-17(12-7-2)18(14-8-3,15-9-4)19(20,21)16-10-5/h17,20-21H,6-16H2,1-5H3. The Balaban J connectivity index is 5.56. The molecule has 0 spiro atoms. The average Bonchev–Trinajstić information content (AvgIpc) is 2.43. The molecular formula is C19H40O2. The van der Waals surface area contributed by atoms with Gasteiger partial charge in [0.1, 0.15) is 0 Å². The number of hydrogen-bond acceptors (Lipinski definition) is 2. The molecule has 0 bridgehead atoms. The largest absolute Gasteiger partial charge is 0.365 e. The minimum absolute atomic E-state index is 0.322. The van der Waals surface area contributed by atoms with Crippen molar-refractivity contribution in [2.24, 2.45) is 11.3 Å².